The minimum atomic E-state index is -3.96. The minimum Gasteiger partial charge on any atom is -0.258 e. The standard InChI is InChI=1S/C15H17N3O6S2/c19-18(20)14-6-8-15(9-7-14)26(23,24)16-10-11-25(21,22)17-12-13-4-2-1-3-5-13/h1-9,16-17H,10-12H2. The normalized spacial score (nSPS) is 12.0. The Hall–Kier alpha value is -2.34. The molecule has 0 unspecified atom stereocenters. The maximum absolute atomic E-state index is 12.1. The zero-order chi connectivity index (χ0) is 19.2. The number of benzene rings is 2. The molecule has 0 radical (unpaired) electrons. The van der Waals surface area contributed by atoms with E-state index in [9.17, 15) is 26.9 Å². The van der Waals surface area contributed by atoms with E-state index in [1.54, 1.807) is 24.3 Å². The predicted octanol–water partition coefficient (Wildman–Crippen LogP) is 0.993. The van der Waals surface area contributed by atoms with E-state index in [0.717, 1.165) is 29.8 Å². The third kappa shape index (κ3) is 5.88. The van der Waals surface area contributed by atoms with Crippen molar-refractivity contribution < 1.29 is 21.8 Å². The molecule has 0 saturated heterocycles. The van der Waals surface area contributed by atoms with E-state index in [2.05, 4.69) is 9.44 Å². The molecule has 0 bridgehead atoms. The molecule has 140 valence electrons. The van der Waals surface area contributed by atoms with Crippen LogP contribution in [-0.2, 0) is 26.6 Å². The molecule has 0 aromatic heterocycles. The summed E-state index contributed by atoms with van der Waals surface area (Å²) in [5, 5.41) is 10.6. The SMILES string of the molecule is O=[N+]([O-])c1ccc(S(=O)(=O)NCCS(=O)(=O)NCc2ccccc2)cc1. The van der Waals surface area contributed by atoms with Gasteiger partial charge in [0.15, 0.2) is 0 Å². The number of sulfonamides is 2. The lowest BCUT2D eigenvalue weighted by atomic mass is 10.2. The van der Waals surface area contributed by atoms with Crippen LogP contribution in [0.1, 0.15) is 5.56 Å². The lowest BCUT2D eigenvalue weighted by molar-refractivity contribution is -0.384. The maximum Gasteiger partial charge on any atom is 0.269 e. The largest absolute Gasteiger partial charge is 0.269 e. The molecular weight excluding hydrogens is 382 g/mol. The number of hydrogen-bond acceptors (Lipinski definition) is 6. The molecule has 0 saturated carbocycles. The molecule has 9 nitrogen and oxygen atoms in total. The first-order valence-electron chi connectivity index (χ1n) is 7.45. The Labute approximate surface area is 151 Å². The van der Waals surface area contributed by atoms with Gasteiger partial charge in [-0.1, -0.05) is 30.3 Å². The van der Waals surface area contributed by atoms with Crippen molar-refractivity contribution in [2.24, 2.45) is 0 Å². The van der Waals surface area contributed by atoms with E-state index < -0.39 is 30.7 Å². The Kier molecular flexibility index (Phi) is 6.42. The number of hydrogen-bond donors (Lipinski definition) is 2. The Bertz CT molecular complexity index is 958. The fraction of sp³-hybridized carbons (Fsp3) is 0.200. The highest BCUT2D eigenvalue weighted by molar-refractivity contribution is 7.90. The first-order chi connectivity index (χ1) is 12.2. The smallest absolute Gasteiger partial charge is 0.258 e. The number of rotatable bonds is 9. The van der Waals surface area contributed by atoms with Crippen LogP contribution in [0.5, 0.6) is 0 Å². The second-order valence-electron chi connectivity index (χ2n) is 5.27. The summed E-state index contributed by atoms with van der Waals surface area (Å²) in [6.07, 6.45) is 0. The summed E-state index contributed by atoms with van der Waals surface area (Å²) in [5.41, 5.74) is 0.541. The molecule has 0 aliphatic heterocycles. The Morgan fingerprint density at radius 1 is 0.885 bits per heavy atom. The van der Waals surface area contributed by atoms with Crippen molar-refractivity contribution in [3.8, 4) is 0 Å². The van der Waals surface area contributed by atoms with Crippen LogP contribution in [0.15, 0.2) is 59.5 Å². The van der Waals surface area contributed by atoms with Crippen LogP contribution < -0.4 is 9.44 Å². The maximum atomic E-state index is 12.1. The van der Waals surface area contributed by atoms with Gasteiger partial charge < -0.3 is 0 Å². The van der Waals surface area contributed by atoms with E-state index in [4.69, 9.17) is 0 Å². The van der Waals surface area contributed by atoms with E-state index in [-0.39, 0.29) is 23.7 Å². The Morgan fingerprint density at radius 2 is 1.50 bits per heavy atom. The van der Waals surface area contributed by atoms with Crippen molar-refractivity contribution in [2.75, 3.05) is 12.3 Å². The van der Waals surface area contributed by atoms with Crippen LogP contribution in [0.2, 0.25) is 0 Å². The molecule has 0 fully saturated rings. The van der Waals surface area contributed by atoms with Gasteiger partial charge in [0.25, 0.3) is 5.69 Å². The molecule has 0 aliphatic rings. The van der Waals surface area contributed by atoms with Crippen LogP contribution in [0, 0.1) is 10.1 Å². The molecule has 2 N–H and O–H groups in total. The molecule has 2 rings (SSSR count). The van der Waals surface area contributed by atoms with Crippen molar-refractivity contribution in [1.82, 2.24) is 9.44 Å². The van der Waals surface area contributed by atoms with Gasteiger partial charge in [0, 0.05) is 25.2 Å². The Morgan fingerprint density at radius 3 is 2.08 bits per heavy atom. The summed E-state index contributed by atoms with van der Waals surface area (Å²) in [5.74, 6) is -0.438. The molecule has 0 heterocycles. The summed E-state index contributed by atoms with van der Waals surface area (Å²) < 4.78 is 52.6. The van der Waals surface area contributed by atoms with Gasteiger partial charge in [-0.25, -0.2) is 26.3 Å². The van der Waals surface area contributed by atoms with Gasteiger partial charge in [0.05, 0.1) is 15.6 Å². The summed E-state index contributed by atoms with van der Waals surface area (Å²) in [6, 6.07) is 13.2. The minimum absolute atomic E-state index is 0.109. The van der Waals surface area contributed by atoms with Gasteiger partial charge in [0.2, 0.25) is 20.0 Å². The second-order valence-corrected chi connectivity index (χ2v) is 8.97. The number of non-ortho nitro benzene ring substituents is 1. The lowest BCUT2D eigenvalue weighted by Crippen LogP contribution is -2.34. The number of nitrogens with one attached hydrogen (secondary N) is 2. The van der Waals surface area contributed by atoms with Gasteiger partial charge in [-0.3, -0.25) is 10.1 Å². The molecule has 26 heavy (non-hydrogen) atoms. The van der Waals surface area contributed by atoms with Crippen molar-refractivity contribution >= 4 is 25.7 Å². The highest BCUT2D eigenvalue weighted by Gasteiger charge is 2.17. The molecule has 0 amide bonds. The van der Waals surface area contributed by atoms with Crippen molar-refractivity contribution in [3.63, 3.8) is 0 Å². The van der Waals surface area contributed by atoms with Crippen LogP contribution in [0.3, 0.4) is 0 Å². The first kappa shape index (κ1) is 20.0. The van der Waals surface area contributed by atoms with Gasteiger partial charge >= 0.3 is 0 Å². The zero-order valence-electron chi connectivity index (χ0n) is 13.5. The fourth-order valence-electron chi connectivity index (χ4n) is 2.00. The summed E-state index contributed by atoms with van der Waals surface area (Å²) >= 11 is 0. The number of nitrogens with zero attached hydrogens (tertiary/aromatic N) is 1. The van der Waals surface area contributed by atoms with E-state index in [1.165, 1.54) is 0 Å². The predicted molar refractivity (Wildman–Crippen MR) is 95.4 cm³/mol. The summed E-state index contributed by atoms with van der Waals surface area (Å²) in [4.78, 5) is 9.75. The topological polar surface area (TPSA) is 135 Å². The average molecular weight is 399 g/mol. The molecule has 2 aromatic rings. The number of nitro groups is 1. The number of nitro benzene ring substituents is 1. The van der Waals surface area contributed by atoms with E-state index in [0.29, 0.717) is 0 Å². The third-order valence-electron chi connectivity index (χ3n) is 3.36. The molecule has 0 atom stereocenters. The van der Waals surface area contributed by atoms with E-state index >= 15 is 0 Å². The highest BCUT2D eigenvalue weighted by atomic mass is 32.2. The summed E-state index contributed by atoms with van der Waals surface area (Å²) in [6.45, 7) is -0.221. The van der Waals surface area contributed by atoms with Crippen molar-refractivity contribution in [3.05, 3.63) is 70.3 Å². The second kappa shape index (κ2) is 8.36. The van der Waals surface area contributed by atoms with Crippen LogP contribution in [0.25, 0.3) is 0 Å². The quantitative estimate of drug-likeness (QED) is 0.477. The van der Waals surface area contributed by atoms with Gasteiger partial charge in [-0.2, -0.15) is 0 Å². The van der Waals surface area contributed by atoms with Gasteiger partial charge in [0.1, 0.15) is 0 Å². The molecule has 0 aliphatic carbocycles. The molecular formula is C15H17N3O6S2. The van der Waals surface area contributed by atoms with Crippen LogP contribution in [0.4, 0.5) is 5.69 Å². The molecule has 2 aromatic carbocycles. The zero-order valence-corrected chi connectivity index (χ0v) is 15.2. The van der Waals surface area contributed by atoms with E-state index in [1.807, 2.05) is 6.07 Å². The monoisotopic (exact) mass is 399 g/mol. The van der Waals surface area contributed by atoms with Crippen LogP contribution >= 0.6 is 0 Å². The average Bonchev–Trinajstić information content (AvgIpc) is 2.61. The van der Waals surface area contributed by atoms with Crippen molar-refractivity contribution in [1.29, 1.82) is 0 Å². The van der Waals surface area contributed by atoms with Gasteiger partial charge in [-0.05, 0) is 17.7 Å². The van der Waals surface area contributed by atoms with Crippen molar-refractivity contribution in [2.45, 2.75) is 11.4 Å². The van der Waals surface area contributed by atoms with Gasteiger partial charge in [-0.15, -0.1) is 0 Å². The third-order valence-corrected chi connectivity index (χ3v) is 6.16. The summed E-state index contributed by atoms with van der Waals surface area (Å²) in [7, 11) is -7.63. The highest BCUT2D eigenvalue weighted by Crippen LogP contribution is 2.15. The fourth-order valence-corrected chi connectivity index (χ4v) is 4.06. The molecule has 11 heteroatoms. The van der Waals surface area contributed by atoms with Crippen LogP contribution in [-0.4, -0.2) is 34.1 Å². The Balaban J connectivity index is 1.89. The lowest BCUT2D eigenvalue weighted by Gasteiger charge is -2.09. The molecule has 0 spiro atoms. The first-order valence-corrected chi connectivity index (χ1v) is 10.6.